The number of likely N-dealkylation sites (N-methyl/N-ethyl adjacent to an activating group) is 1. The minimum absolute atomic E-state index is 0.0767. The Kier molecular flexibility index (Phi) is 8.46. The van der Waals surface area contributed by atoms with Gasteiger partial charge in [0.1, 0.15) is 0 Å². The third-order valence-corrected chi connectivity index (χ3v) is 6.04. The Morgan fingerprint density at radius 1 is 0.750 bits per heavy atom. The molecule has 1 aliphatic heterocycles. The molecule has 4 nitrogen and oxygen atoms in total. The molecule has 3 aromatic rings. The highest BCUT2D eigenvalue weighted by molar-refractivity contribution is 5.15. The first kappa shape index (κ1) is 22.7. The normalized spacial score (nSPS) is 19.8. The minimum atomic E-state index is -0.0767. The number of benzene rings is 3. The number of ether oxygens (including phenoxy) is 3. The van der Waals surface area contributed by atoms with Crippen LogP contribution in [0.25, 0.3) is 0 Å². The fourth-order valence-corrected chi connectivity index (χ4v) is 4.31. The molecule has 0 bridgehead atoms. The lowest BCUT2D eigenvalue weighted by molar-refractivity contribution is -0.0951. The van der Waals surface area contributed by atoms with Crippen molar-refractivity contribution in [2.24, 2.45) is 0 Å². The van der Waals surface area contributed by atoms with Crippen molar-refractivity contribution in [3.8, 4) is 0 Å². The van der Waals surface area contributed by atoms with Gasteiger partial charge in [-0.3, -0.25) is 4.90 Å². The van der Waals surface area contributed by atoms with Gasteiger partial charge in [-0.05, 0) is 30.2 Å². The van der Waals surface area contributed by atoms with Gasteiger partial charge in [0.2, 0.25) is 0 Å². The lowest BCUT2D eigenvalue weighted by Gasteiger charge is -2.33. The van der Waals surface area contributed by atoms with E-state index in [1.807, 2.05) is 42.5 Å². The van der Waals surface area contributed by atoms with E-state index >= 15 is 0 Å². The maximum atomic E-state index is 6.46. The van der Waals surface area contributed by atoms with Gasteiger partial charge in [-0.25, -0.2) is 0 Å². The number of likely N-dealkylation sites (tertiary alicyclic amines) is 1. The summed E-state index contributed by atoms with van der Waals surface area (Å²) in [5.74, 6) is 0. The average molecular weight is 432 g/mol. The van der Waals surface area contributed by atoms with E-state index in [2.05, 4.69) is 60.5 Å². The molecule has 4 heteroatoms. The molecule has 1 heterocycles. The predicted octanol–water partition coefficient (Wildman–Crippen LogP) is 5.08. The molecule has 0 aliphatic carbocycles. The second-order valence-corrected chi connectivity index (χ2v) is 8.43. The molecule has 0 spiro atoms. The monoisotopic (exact) mass is 431 g/mol. The van der Waals surface area contributed by atoms with E-state index in [1.165, 1.54) is 16.7 Å². The van der Waals surface area contributed by atoms with Gasteiger partial charge in [0.15, 0.2) is 0 Å². The van der Waals surface area contributed by atoms with Gasteiger partial charge in [0.25, 0.3) is 0 Å². The van der Waals surface area contributed by atoms with Crippen LogP contribution in [0.1, 0.15) is 23.1 Å². The lowest BCUT2D eigenvalue weighted by atomic mass is 10.1. The van der Waals surface area contributed by atoms with Crippen LogP contribution in [-0.2, 0) is 34.0 Å². The van der Waals surface area contributed by atoms with Crippen LogP contribution in [-0.4, -0.2) is 43.3 Å². The molecule has 3 aromatic carbocycles. The van der Waals surface area contributed by atoms with E-state index in [0.717, 1.165) is 13.0 Å². The zero-order valence-electron chi connectivity index (χ0n) is 18.8. The smallest absolute Gasteiger partial charge is 0.0993 e. The molecule has 4 rings (SSSR count). The number of hydrogen-bond acceptors (Lipinski definition) is 4. The van der Waals surface area contributed by atoms with Crippen LogP contribution in [0.4, 0.5) is 0 Å². The largest absolute Gasteiger partial charge is 0.374 e. The summed E-state index contributed by atoms with van der Waals surface area (Å²) in [6.07, 6.45) is 1.03. The molecule has 0 amide bonds. The number of nitrogens with zero attached hydrogens (tertiary/aromatic N) is 1. The number of rotatable bonds is 11. The Morgan fingerprint density at radius 3 is 1.88 bits per heavy atom. The quantitative estimate of drug-likeness (QED) is 0.424. The standard InChI is InChI=1S/C28H33NO3/c1-29-18-17-26(31-20-24-13-7-3-8-14-24)28(29)27(32-21-25-15-9-4-10-16-25)22-30-19-23-11-5-2-6-12-23/h2-16,26-28H,17-22H2,1H3/t26-,27?,28+/m0/s1. The topological polar surface area (TPSA) is 30.9 Å². The third-order valence-electron chi connectivity index (χ3n) is 6.04. The van der Waals surface area contributed by atoms with Crippen LogP contribution in [0, 0.1) is 0 Å². The summed E-state index contributed by atoms with van der Waals surface area (Å²) in [6.45, 7) is 3.29. The molecular weight excluding hydrogens is 398 g/mol. The summed E-state index contributed by atoms with van der Waals surface area (Å²) in [7, 11) is 2.16. The number of hydrogen-bond donors (Lipinski definition) is 0. The second kappa shape index (κ2) is 11.9. The molecule has 1 saturated heterocycles. The van der Waals surface area contributed by atoms with E-state index in [9.17, 15) is 0 Å². The Balaban J connectivity index is 1.41. The van der Waals surface area contributed by atoms with Crippen LogP contribution in [0.5, 0.6) is 0 Å². The lowest BCUT2D eigenvalue weighted by Crippen LogP contribution is -2.47. The van der Waals surface area contributed by atoms with Gasteiger partial charge in [0.05, 0.1) is 44.7 Å². The van der Waals surface area contributed by atoms with Crippen LogP contribution in [0.15, 0.2) is 91.0 Å². The van der Waals surface area contributed by atoms with E-state index in [-0.39, 0.29) is 18.2 Å². The highest BCUT2D eigenvalue weighted by Crippen LogP contribution is 2.26. The molecule has 32 heavy (non-hydrogen) atoms. The molecule has 168 valence electrons. The Bertz CT molecular complexity index is 904. The molecule has 1 fully saturated rings. The third kappa shape index (κ3) is 6.50. The Labute approximate surface area is 191 Å². The van der Waals surface area contributed by atoms with Gasteiger partial charge in [-0.15, -0.1) is 0 Å². The van der Waals surface area contributed by atoms with Crippen molar-refractivity contribution >= 4 is 0 Å². The first-order chi connectivity index (χ1) is 15.8. The molecule has 3 atom stereocenters. The summed E-state index contributed by atoms with van der Waals surface area (Å²) >= 11 is 0. The molecule has 1 aliphatic rings. The van der Waals surface area contributed by atoms with Gasteiger partial charge in [-0.1, -0.05) is 91.0 Å². The maximum absolute atomic E-state index is 6.46. The van der Waals surface area contributed by atoms with Gasteiger partial charge in [0, 0.05) is 6.54 Å². The van der Waals surface area contributed by atoms with Crippen molar-refractivity contribution in [3.63, 3.8) is 0 Å². The summed E-state index contributed by atoms with van der Waals surface area (Å²) in [6, 6.07) is 31.1. The zero-order chi connectivity index (χ0) is 22.0. The van der Waals surface area contributed by atoms with Gasteiger partial charge in [-0.2, -0.15) is 0 Å². The van der Waals surface area contributed by atoms with Crippen molar-refractivity contribution in [1.29, 1.82) is 0 Å². The van der Waals surface area contributed by atoms with Crippen molar-refractivity contribution in [1.82, 2.24) is 4.90 Å². The molecule has 0 radical (unpaired) electrons. The summed E-state index contributed by atoms with van der Waals surface area (Å²) < 4.78 is 19.0. The minimum Gasteiger partial charge on any atom is -0.374 e. The van der Waals surface area contributed by atoms with Crippen LogP contribution in [0.2, 0.25) is 0 Å². The van der Waals surface area contributed by atoms with Gasteiger partial charge < -0.3 is 14.2 Å². The highest BCUT2D eigenvalue weighted by atomic mass is 16.5. The summed E-state index contributed by atoms with van der Waals surface area (Å²) in [4.78, 5) is 2.36. The SMILES string of the molecule is CN1CC[C@H](OCc2ccccc2)[C@@H]1C(COCc1ccccc1)OCc1ccccc1. The zero-order valence-corrected chi connectivity index (χ0v) is 18.8. The Morgan fingerprint density at radius 2 is 1.28 bits per heavy atom. The Hall–Kier alpha value is -2.50. The van der Waals surface area contributed by atoms with Crippen molar-refractivity contribution in [3.05, 3.63) is 108 Å². The second-order valence-electron chi connectivity index (χ2n) is 8.43. The van der Waals surface area contributed by atoms with Crippen molar-refractivity contribution in [2.45, 2.75) is 44.5 Å². The predicted molar refractivity (Wildman–Crippen MR) is 127 cm³/mol. The average Bonchev–Trinajstić information content (AvgIpc) is 3.22. The fourth-order valence-electron chi connectivity index (χ4n) is 4.31. The van der Waals surface area contributed by atoms with Crippen molar-refractivity contribution < 1.29 is 14.2 Å². The van der Waals surface area contributed by atoms with Crippen molar-refractivity contribution in [2.75, 3.05) is 20.2 Å². The summed E-state index contributed by atoms with van der Waals surface area (Å²) in [5, 5.41) is 0. The van der Waals surface area contributed by atoms with E-state index < -0.39 is 0 Å². The maximum Gasteiger partial charge on any atom is 0.0993 e. The van der Waals surface area contributed by atoms with E-state index in [0.29, 0.717) is 26.4 Å². The molecule has 1 unspecified atom stereocenters. The summed E-state index contributed by atoms with van der Waals surface area (Å²) in [5.41, 5.74) is 3.54. The van der Waals surface area contributed by atoms with E-state index in [1.54, 1.807) is 0 Å². The van der Waals surface area contributed by atoms with Crippen LogP contribution in [0.3, 0.4) is 0 Å². The molecule has 0 aromatic heterocycles. The van der Waals surface area contributed by atoms with E-state index in [4.69, 9.17) is 14.2 Å². The fraction of sp³-hybridized carbons (Fsp3) is 0.357. The van der Waals surface area contributed by atoms with Crippen LogP contribution >= 0.6 is 0 Å². The van der Waals surface area contributed by atoms with Gasteiger partial charge >= 0.3 is 0 Å². The first-order valence-electron chi connectivity index (χ1n) is 11.4. The highest BCUT2D eigenvalue weighted by Gasteiger charge is 2.39. The molecule has 0 saturated carbocycles. The first-order valence-corrected chi connectivity index (χ1v) is 11.4. The molecular formula is C28H33NO3. The van der Waals surface area contributed by atoms with Crippen LogP contribution < -0.4 is 0 Å². The molecule has 0 N–H and O–H groups in total.